The Morgan fingerprint density at radius 2 is 1.75 bits per heavy atom. The van der Waals surface area contributed by atoms with E-state index in [2.05, 4.69) is 10.0 Å². The van der Waals surface area contributed by atoms with Gasteiger partial charge < -0.3 is 19.9 Å². The molecule has 9 heteroatoms. The summed E-state index contributed by atoms with van der Waals surface area (Å²) < 4.78 is 39.3. The summed E-state index contributed by atoms with van der Waals surface area (Å²) in [4.78, 5) is 11.4. The molecule has 0 aromatic heterocycles. The minimum absolute atomic E-state index is 0.0460. The van der Waals surface area contributed by atoms with Crippen LogP contribution in [0.3, 0.4) is 0 Å². The molecule has 32 heavy (non-hydrogen) atoms. The number of methoxy groups -OCH3 is 2. The molecule has 1 aliphatic carbocycles. The van der Waals surface area contributed by atoms with Gasteiger partial charge in [0.05, 0.1) is 25.5 Å². The Morgan fingerprint density at radius 1 is 1.03 bits per heavy atom. The van der Waals surface area contributed by atoms with Gasteiger partial charge >= 0.3 is 5.97 Å². The van der Waals surface area contributed by atoms with Crippen molar-refractivity contribution in [1.29, 1.82) is 0 Å². The topological polar surface area (TPSA) is 114 Å². The second kappa shape index (κ2) is 10.7. The quantitative estimate of drug-likeness (QED) is 0.494. The van der Waals surface area contributed by atoms with E-state index >= 15 is 0 Å². The van der Waals surface area contributed by atoms with Crippen LogP contribution in [0.2, 0.25) is 0 Å². The normalized spacial score (nSPS) is 14.7. The number of sulfonamides is 1. The number of carboxylic acid groups (broad SMARTS) is 1. The molecule has 0 aliphatic heterocycles. The van der Waals surface area contributed by atoms with Gasteiger partial charge in [-0.3, -0.25) is 0 Å². The number of ether oxygens (including phenoxy) is 2. The van der Waals surface area contributed by atoms with Gasteiger partial charge in [-0.05, 0) is 55.2 Å². The maximum atomic E-state index is 13.1. The van der Waals surface area contributed by atoms with Crippen molar-refractivity contribution >= 4 is 21.7 Å². The lowest BCUT2D eigenvalue weighted by atomic mass is 9.95. The Bertz CT molecular complexity index is 1050. The van der Waals surface area contributed by atoms with E-state index in [9.17, 15) is 18.3 Å². The zero-order valence-electron chi connectivity index (χ0n) is 18.4. The van der Waals surface area contributed by atoms with E-state index in [0.717, 1.165) is 31.2 Å². The first-order chi connectivity index (χ1) is 15.3. The molecule has 2 aromatic carbocycles. The molecule has 0 atom stereocenters. The Hall–Kier alpha value is -2.78. The molecule has 0 unspecified atom stereocenters. The molecule has 1 saturated carbocycles. The first-order valence-electron chi connectivity index (χ1n) is 10.7. The Labute approximate surface area is 189 Å². The standard InChI is InChI=1S/C23H30N2O6S/c1-30-20-11-8-16(14-21(20)31-2)12-13-24-32(28,29)22-15-17(23(26)27)9-10-19(22)25-18-6-4-3-5-7-18/h8-11,14-15,18,24-25H,3-7,12-13H2,1-2H3,(H,26,27). The van der Waals surface area contributed by atoms with Crippen LogP contribution in [-0.4, -0.2) is 46.3 Å². The second-order valence-electron chi connectivity index (χ2n) is 7.83. The largest absolute Gasteiger partial charge is 0.493 e. The summed E-state index contributed by atoms with van der Waals surface area (Å²) in [6.07, 6.45) is 5.73. The third-order valence-corrected chi connectivity index (χ3v) is 7.14. The van der Waals surface area contributed by atoms with Crippen LogP contribution in [-0.2, 0) is 16.4 Å². The highest BCUT2D eigenvalue weighted by Crippen LogP contribution is 2.29. The highest BCUT2D eigenvalue weighted by atomic mass is 32.2. The smallest absolute Gasteiger partial charge is 0.335 e. The van der Waals surface area contributed by atoms with Crippen molar-refractivity contribution < 1.29 is 27.8 Å². The predicted octanol–water partition coefficient (Wildman–Crippen LogP) is 3.67. The van der Waals surface area contributed by atoms with Crippen LogP contribution in [0.5, 0.6) is 11.5 Å². The van der Waals surface area contributed by atoms with Crippen molar-refractivity contribution in [2.75, 3.05) is 26.1 Å². The first kappa shape index (κ1) is 23.9. The van der Waals surface area contributed by atoms with E-state index in [-0.39, 0.29) is 23.0 Å². The number of nitrogens with one attached hydrogen (secondary N) is 2. The van der Waals surface area contributed by atoms with Crippen LogP contribution < -0.4 is 19.5 Å². The monoisotopic (exact) mass is 462 g/mol. The Kier molecular flexibility index (Phi) is 7.98. The third kappa shape index (κ3) is 5.92. The summed E-state index contributed by atoms with van der Waals surface area (Å²) in [5.74, 6) is -0.00211. The molecule has 2 aromatic rings. The number of benzene rings is 2. The fourth-order valence-electron chi connectivity index (χ4n) is 3.91. The molecule has 0 radical (unpaired) electrons. The lowest BCUT2D eigenvalue weighted by Crippen LogP contribution is -2.29. The lowest BCUT2D eigenvalue weighted by molar-refractivity contribution is 0.0696. The van der Waals surface area contributed by atoms with Gasteiger partial charge in [0.2, 0.25) is 10.0 Å². The number of hydrogen-bond acceptors (Lipinski definition) is 6. The summed E-state index contributed by atoms with van der Waals surface area (Å²) in [6, 6.07) is 9.78. The third-order valence-electron chi connectivity index (χ3n) is 5.64. The number of carboxylic acids is 1. The summed E-state index contributed by atoms with van der Waals surface area (Å²) in [5, 5.41) is 12.7. The molecule has 0 heterocycles. The average Bonchev–Trinajstić information content (AvgIpc) is 2.79. The van der Waals surface area contributed by atoms with Gasteiger partial charge in [-0.2, -0.15) is 0 Å². The van der Waals surface area contributed by atoms with E-state index in [1.807, 2.05) is 6.07 Å². The van der Waals surface area contributed by atoms with E-state index in [0.29, 0.717) is 23.6 Å². The van der Waals surface area contributed by atoms with Crippen molar-refractivity contribution in [2.24, 2.45) is 0 Å². The predicted molar refractivity (Wildman–Crippen MR) is 122 cm³/mol. The van der Waals surface area contributed by atoms with E-state index in [1.165, 1.54) is 18.6 Å². The zero-order valence-corrected chi connectivity index (χ0v) is 19.2. The average molecular weight is 463 g/mol. The molecular formula is C23H30N2O6S. The number of carbonyl (C=O) groups is 1. The fourth-order valence-corrected chi connectivity index (χ4v) is 5.13. The van der Waals surface area contributed by atoms with Crippen molar-refractivity contribution in [1.82, 2.24) is 4.72 Å². The van der Waals surface area contributed by atoms with E-state index in [1.54, 1.807) is 32.4 Å². The van der Waals surface area contributed by atoms with Crippen LogP contribution in [0.4, 0.5) is 5.69 Å². The van der Waals surface area contributed by atoms with Gasteiger partial charge in [-0.25, -0.2) is 17.9 Å². The van der Waals surface area contributed by atoms with Gasteiger partial charge in [0.1, 0.15) is 4.90 Å². The highest BCUT2D eigenvalue weighted by molar-refractivity contribution is 7.89. The van der Waals surface area contributed by atoms with Crippen molar-refractivity contribution in [2.45, 2.75) is 49.5 Å². The number of anilines is 1. The molecular weight excluding hydrogens is 432 g/mol. The van der Waals surface area contributed by atoms with Gasteiger partial charge in [0.25, 0.3) is 0 Å². The van der Waals surface area contributed by atoms with Crippen LogP contribution in [0.25, 0.3) is 0 Å². The number of rotatable bonds is 10. The van der Waals surface area contributed by atoms with E-state index in [4.69, 9.17) is 9.47 Å². The molecule has 8 nitrogen and oxygen atoms in total. The molecule has 0 saturated heterocycles. The Morgan fingerprint density at radius 3 is 2.41 bits per heavy atom. The summed E-state index contributed by atoms with van der Waals surface area (Å²) >= 11 is 0. The SMILES string of the molecule is COc1ccc(CCNS(=O)(=O)c2cc(C(=O)O)ccc2NC2CCCCC2)cc1OC. The van der Waals surface area contributed by atoms with Crippen LogP contribution in [0.1, 0.15) is 48.0 Å². The maximum absolute atomic E-state index is 13.1. The molecule has 1 aliphatic rings. The van der Waals surface area contributed by atoms with Gasteiger partial charge in [0, 0.05) is 12.6 Å². The number of hydrogen-bond donors (Lipinski definition) is 3. The van der Waals surface area contributed by atoms with Crippen LogP contribution in [0, 0.1) is 0 Å². The fraction of sp³-hybridized carbons (Fsp3) is 0.435. The zero-order chi connectivity index (χ0) is 23.1. The molecule has 0 amide bonds. The van der Waals surface area contributed by atoms with Crippen molar-refractivity contribution in [3.8, 4) is 11.5 Å². The highest BCUT2D eigenvalue weighted by Gasteiger charge is 2.23. The first-order valence-corrected chi connectivity index (χ1v) is 12.2. The molecule has 0 bridgehead atoms. The molecule has 3 rings (SSSR count). The maximum Gasteiger partial charge on any atom is 0.335 e. The summed E-state index contributed by atoms with van der Waals surface area (Å²) in [6.45, 7) is 0.151. The molecule has 0 spiro atoms. The Balaban J connectivity index is 1.76. The minimum atomic E-state index is -3.93. The van der Waals surface area contributed by atoms with Crippen LogP contribution >= 0.6 is 0 Å². The van der Waals surface area contributed by atoms with Crippen molar-refractivity contribution in [3.63, 3.8) is 0 Å². The van der Waals surface area contributed by atoms with Gasteiger partial charge in [-0.1, -0.05) is 25.3 Å². The minimum Gasteiger partial charge on any atom is -0.493 e. The van der Waals surface area contributed by atoms with Gasteiger partial charge in [-0.15, -0.1) is 0 Å². The van der Waals surface area contributed by atoms with Crippen molar-refractivity contribution in [3.05, 3.63) is 47.5 Å². The molecule has 3 N–H and O–H groups in total. The number of aromatic carboxylic acids is 1. The molecule has 174 valence electrons. The molecule has 1 fully saturated rings. The summed E-state index contributed by atoms with van der Waals surface area (Å²) in [7, 11) is -0.834. The van der Waals surface area contributed by atoms with Crippen LogP contribution in [0.15, 0.2) is 41.3 Å². The van der Waals surface area contributed by atoms with E-state index < -0.39 is 16.0 Å². The lowest BCUT2D eigenvalue weighted by Gasteiger charge is -2.25. The van der Waals surface area contributed by atoms with Gasteiger partial charge in [0.15, 0.2) is 11.5 Å². The second-order valence-corrected chi connectivity index (χ2v) is 9.57. The summed E-state index contributed by atoms with van der Waals surface area (Å²) in [5.41, 5.74) is 1.24.